The quantitative estimate of drug-likeness (QED) is 0.660. The summed E-state index contributed by atoms with van der Waals surface area (Å²) in [5.74, 6) is 0.596. The van der Waals surface area contributed by atoms with Gasteiger partial charge in [-0.05, 0) is 39.8 Å². The van der Waals surface area contributed by atoms with E-state index in [-0.39, 0.29) is 0 Å². The van der Waals surface area contributed by atoms with Crippen molar-refractivity contribution in [3.63, 3.8) is 0 Å². The van der Waals surface area contributed by atoms with E-state index in [1.807, 2.05) is 22.7 Å². The summed E-state index contributed by atoms with van der Waals surface area (Å²) < 4.78 is 1.38. The summed E-state index contributed by atoms with van der Waals surface area (Å²) in [5, 5.41) is 9.56. The molecule has 0 fully saturated rings. The van der Waals surface area contributed by atoms with Gasteiger partial charge in [-0.25, -0.2) is 0 Å². The lowest BCUT2D eigenvalue weighted by atomic mass is 10.0. The van der Waals surface area contributed by atoms with Crippen molar-refractivity contribution in [3.05, 3.63) is 57.6 Å². The van der Waals surface area contributed by atoms with Crippen molar-refractivity contribution >= 4 is 32.8 Å². The van der Waals surface area contributed by atoms with Gasteiger partial charge >= 0.3 is 0 Å². The molecule has 1 nitrogen and oxygen atoms in total. The number of thiophene rings is 2. The minimum absolute atomic E-state index is 0.439. The van der Waals surface area contributed by atoms with Crippen LogP contribution in [0.25, 0.3) is 10.1 Å². The molecule has 2 heterocycles. The Balaban J connectivity index is 1.78. The molecule has 3 aromatic rings. The fraction of sp³-hybridized carbons (Fsp3) is 0.294. The van der Waals surface area contributed by atoms with Crippen molar-refractivity contribution in [1.29, 1.82) is 0 Å². The van der Waals surface area contributed by atoms with Crippen molar-refractivity contribution in [1.82, 2.24) is 5.32 Å². The van der Waals surface area contributed by atoms with Crippen LogP contribution in [-0.4, -0.2) is 0 Å². The van der Waals surface area contributed by atoms with Crippen LogP contribution < -0.4 is 5.32 Å². The standard InChI is InChI=1S/C17H19NS2/c1-12(2)17(16-8-5-9-19-16)18-10-13-11-20-15-7-4-3-6-14(13)15/h3-9,11-12,17-18H,10H2,1-2H3. The zero-order valence-electron chi connectivity index (χ0n) is 11.8. The fourth-order valence-electron chi connectivity index (χ4n) is 2.52. The highest BCUT2D eigenvalue weighted by Crippen LogP contribution is 2.29. The monoisotopic (exact) mass is 301 g/mol. The smallest absolute Gasteiger partial charge is 0.0440 e. The molecule has 0 aliphatic heterocycles. The average molecular weight is 301 g/mol. The predicted molar refractivity (Wildman–Crippen MR) is 90.6 cm³/mol. The highest BCUT2D eigenvalue weighted by molar-refractivity contribution is 7.17. The molecule has 0 aliphatic carbocycles. The van der Waals surface area contributed by atoms with Gasteiger partial charge in [-0.15, -0.1) is 22.7 Å². The van der Waals surface area contributed by atoms with Gasteiger partial charge in [-0.1, -0.05) is 38.1 Å². The molecule has 0 radical (unpaired) electrons. The first-order valence-corrected chi connectivity index (χ1v) is 8.73. The Hall–Kier alpha value is -1.16. The third-order valence-electron chi connectivity index (χ3n) is 3.59. The Morgan fingerprint density at radius 2 is 1.90 bits per heavy atom. The van der Waals surface area contributed by atoms with Gasteiger partial charge in [0.2, 0.25) is 0 Å². The molecule has 3 heteroatoms. The summed E-state index contributed by atoms with van der Waals surface area (Å²) in [7, 11) is 0. The summed E-state index contributed by atoms with van der Waals surface area (Å²) in [6, 6.07) is 13.5. The van der Waals surface area contributed by atoms with Gasteiger partial charge in [0.1, 0.15) is 0 Å². The minimum Gasteiger partial charge on any atom is -0.305 e. The van der Waals surface area contributed by atoms with Gasteiger partial charge in [0.05, 0.1) is 0 Å². The number of benzene rings is 1. The third kappa shape index (κ3) is 2.80. The molecular formula is C17H19NS2. The molecule has 104 valence electrons. The van der Waals surface area contributed by atoms with Crippen LogP contribution in [0.1, 0.15) is 30.3 Å². The lowest BCUT2D eigenvalue weighted by Gasteiger charge is -2.21. The maximum atomic E-state index is 3.73. The minimum atomic E-state index is 0.439. The number of hydrogen-bond donors (Lipinski definition) is 1. The molecule has 0 saturated heterocycles. The maximum absolute atomic E-state index is 3.73. The first-order valence-electron chi connectivity index (χ1n) is 6.97. The zero-order chi connectivity index (χ0) is 13.9. The van der Waals surface area contributed by atoms with Crippen LogP contribution in [0.4, 0.5) is 0 Å². The molecule has 1 atom stereocenters. The number of nitrogens with one attached hydrogen (secondary N) is 1. The Morgan fingerprint density at radius 1 is 1.05 bits per heavy atom. The van der Waals surface area contributed by atoms with Gasteiger partial charge in [0.25, 0.3) is 0 Å². The Kier molecular flexibility index (Phi) is 4.20. The van der Waals surface area contributed by atoms with E-state index in [9.17, 15) is 0 Å². The SMILES string of the molecule is CC(C)C(NCc1csc2ccccc12)c1cccs1. The molecule has 1 unspecified atom stereocenters. The largest absolute Gasteiger partial charge is 0.305 e. The Bertz CT molecular complexity index is 667. The number of fused-ring (bicyclic) bond motifs is 1. The van der Waals surface area contributed by atoms with Crippen LogP contribution in [0.3, 0.4) is 0 Å². The molecule has 0 amide bonds. The molecule has 0 spiro atoms. The molecule has 20 heavy (non-hydrogen) atoms. The summed E-state index contributed by atoms with van der Waals surface area (Å²) in [4.78, 5) is 1.43. The maximum Gasteiger partial charge on any atom is 0.0440 e. The lowest BCUT2D eigenvalue weighted by Crippen LogP contribution is -2.24. The van der Waals surface area contributed by atoms with E-state index in [1.165, 1.54) is 20.5 Å². The van der Waals surface area contributed by atoms with Crippen LogP contribution in [0.5, 0.6) is 0 Å². The Labute approximate surface area is 128 Å². The second kappa shape index (κ2) is 6.08. The Morgan fingerprint density at radius 3 is 2.65 bits per heavy atom. The van der Waals surface area contributed by atoms with Gasteiger partial charge in [0, 0.05) is 22.2 Å². The van der Waals surface area contributed by atoms with Crippen LogP contribution in [0, 0.1) is 5.92 Å². The van der Waals surface area contributed by atoms with Gasteiger partial charge in [0.15, 0.2) is 0 Å². The van der Waals surface area contributed by atoms with E-state index in [0.717, 1.165) is 6.54 Å². The first-order chi connectivity index (χ1) is 9.75. The van der Waals surface area contributed by atoms with Crippen molar-refractivity contribution in [2.45, 2.75) is 26.4 Å². The van der Waals surface area contributed by atoms with Crippen molar-refractivity contribution < 1.29 is 0 Å². The van der Waals surface area contributed by atoms with Crippen LogP contribution in [0.2, 0.25) is 0 Å². The molecule has 2 aromatic heterocycles. The first kappa shape index (κ1) is 13.8. The summed E-state index contributed by atoms with van der Waals surface area (Å²) in [5.41, 5.74) is 1.41. The lowest BCUT2D eigenvalue weighted by molar-refractivity contribution is 0.417. The second-order valence-electron chi connectivity index (χ2n) is 5.38. The van der Waals surface area contributed by atoms with Crippen molar-refractivity contribution in [2.75, 3.05) is 0 Å². The van der Waals surface area contributed by atoms with E-state index < -0.39 is 0 Å². The summed E-state index contributed by atoms with van der Waals surface area (Å²) >= 11 is 3.67. The van der Waals surface area contributed by atoms with Crippen LogP contribution >= 0.6 is 22.7 Å². The molecular weight excluding hydrogens is 282 g/mol. The fourth-order valence-corrected chi connectivity index (χ4v) is 4.46. The third-order valence-corrected chi connectivity index (χ3v) is 5.56. The molecule has 0 bridgehead atoms. The molecule has 0 aliphatic rings. The average Bonchev–Trinajstić information content (AvgIpc) is 3.09. The van der Waals surface area contributed by atoms with Gasteiger partial charge in [-0.2, -0.15) is 0 Å². The highest BCUT2D eigenvalue weighted by atomic mass is 32.1. The van der Waals surface area contributed by atoms with Crippen molar-refractivity contribution in [2.24, 2.45) is 5.92 Å². The van der Waals surface area contributed by atoms with E-state index in [4.69, 9.17) is 0 Å². The van der Waals surface area contributed by atoms with Gasteiger partial charge in [-0.3, -0.25) is 0 Å². The second-order valence-corrected chi connectivity index (χ2v) is 7.27. The van der Waals surface area contributed by atoms with Crippen LogP contribution in [-0.2, 0) is 6.54 Å². The van der Waals surface area contributed by atoms with E-state index >= 15 is 0 Å². The number of hydrogen-bond acceptors (Lipinski definition) is 3. The van der Waals surface area contributed by atoms with E-state index in [2.05, 4.69) is 66.3 Å². The van der Waals surface area contributed by atoms with E-state index in [1.54, 1.807) is 0 Å². The van der Waals surface area contributed by atoms with Crippen molar-refractivity contribution in [3.8, 4) is 0 Å². The summed E-state index contributed by atoms with van der Waals surface area (Å²) in [6.45, 7) is 5.50. The molecule has 1 N–H and O–H groups in total. The normalized spacial score (nSPS) is 13.2. The van der Waals surface area contributed by atoms with Gasteiger partial charge < -0.3 is 5.32 Å². The zero-order valence-corrected chi connectivity index (χ0v) is 13.4. The molecule has 1 aromatic carbocycles. The highest BCUT2D eigenvalue weighted by Gasteiger charge is 2.16. The molecule has 0 saturated carbocycles. The number of rotatable bonds is 5. The topological polar surface area (TPSA) is 12.0 Å². The predicted octanol–water partition coefficient (Wildman–Crippen LogP) is 5.45. The van der Waals surface area contributed by atoms with Crippen LogP contribution in [0.15, 0.2) is 47.2 Å². The summed E-state index contributed by atoms with van der Waals surface area (Å²) in [6.07, 6.45) is 0. The molecule has 3 rings (SSSR count). The van der Waals surface area contributed by atoms with E-state index in [0.29, 0.717) is 12.0 Å².